The van der Waals surface area contributed by atoms with E-state index >= 15 is 0 Å². The lowest BCUT2D eigenvalue weighted by Gasteiger charge is -2.12. The molecule has 0 unspecified atom stereocenters. The van der Waals surface area contributed by atoms with Crippen LogP contribution in [-0.4, -0.2) is 12.0 Å². The first-order chi connectivity index (χ1) is 9.90. The van der Waals surface area contributed by atoms with Gasteiger partial charge in [-0.05, 0) is 34.1 Å². The second-order valence-corrected chi connectivity index (χ2v) is 5.41. The van der Waals surface area contributed by atoms with Crippen molar-refractivity contribution in [3.05, 3.63) is 55.8 Å². The second kappa shape index (κ2) is 6.28. The molecule has 0 fully saturated rings. The summed E-state index contributed by atoms with van der Waals surface area (Å²) in [6.45, 7) is 0. The molecule has 2 rings (SSSR count). The molecule has 2 N–H and O–H groups in total. The molecule has 0 atom stereocenters. The molecule has 0 heterocycles. The Kier molecular flexibility index (Phi) is 4.64. The molecule has 0 radical (unpaired) electrons. The van der Waals surface area contributed by atoms with E-state index in [0.29, 0.717) is 21.5 Å². The van der Waals surface area contributed by atoms with Crippen molar-refractivity contribution in [2.45, 2.75) is 0 Å². The highest BCUT2D eigenvalue weighted by atomic mass is 79.9. The summed E-state index contributed by atoms with van der Waals surface area (Å²) in [7, 11) is 1.66. The first kappa shape index (κ1) is 15.5. The Morgan fingerprint density at radius 2 is 1.90 bits per heavy atom. The fourth-order valence-corrected chi connectivity index (χ4v) is 2.64. The number of nitrogens with zero attached hydrogens (tertiary/aromatic N) is 1. The summed E-state index contributed by atoms with van der Waals surface area (Å²) in [5.74, 6) is -0.479. The van der Waals surface area contributed by atoms with Crippen LogP contribution in [0.15, 0.2) is 34.8 Å². The summed E-state index contributed by atoms with van der Waals surface area (Å²) in [4.78, 5) is 10.4. The van der Waals surface area contributed by atoms with Crippen molar-refractivity contribution in [1.29, 1.82) is 0 Å². The highest BCUT2D eigenvalue weighted by molar-refractivity contribution is 9.10. The number of hydrogen-bond acceptors (Lipinski definition) is 4. The number of nitro benzene ring substituents is 1. The molecule has 0 aliphatic heterocycles. The Morgan fingerprint density at radius 1 is 1.24 bits per heavy atom. The molecule has 21 heavy (non-hydrogen) atoms. The summed E-state index contributed by atoms with van der Waals surface area (Å²) in [5.41, 5.74) is 1.39. The highest BCUT2D eigenvalue weighted by Gasteiger charge is 2.13. The summed E-state index contributed by atoms with van der Waals surface area (Å²) in [6.07, 6.45) is 0. The molecule has 0 amide bonds. The average Bonchev–Trinajstić information content (AvgIpc) is 2.42. The van der Waals surface area contributed by atoms with Gasteiger partial charge in [0.05, 0.1) is 15.6 Å². The fourth-order valence-electron chi connectivity index (χ4n) is 1.74. The van der Waals surface area contributed by atoms with Gasteiger partial charge in [0.15, 0.2) is 0 Å². The Bertz CT molecular complexity index is 689. The lowest BCUT2D eigenvalue weighted by atomic mass is 10.2. The van der Waals surface area contributed by atoms with Crippen molar-refractivity contribution < 1.29 is 9.31 Å². The van der Waals surface area contributed by atoms with Gasteiger partial charge in [-0.1, -0.05) is 11.6 Å². The quantitative estimate of drug-likeness (QED) is 0.588. The predicted molar refractivity (Wildman–Crippen MR) is 85.0 cm³/mol. The van der Waals surface area contributed by atoms with E-state index in [1.54, 1.807) is 13.1 Å². The standard InChI is InChI=1S/C13H10BrClFN3O2/c1-17-8-4-9(6-10(5-8)19(20)21)18-13-11(14)2-7(16)3-12(13)15/h2-6,17-18H,1H3. The third kappa shape index (κ3) is 3.62. The van der Waals surface area contributed by atoms with Crippen molar-refractivity contribution in [1.82, 2.24) is 0 Å². The molecule has 0 aliphatic rings. The maximum absolute atomic E-state index is 13.2. The third-order valence-electron chi connectivity index (χ3n) is 2.69. The molecule has 0 aromatic heterocycles. The van der Waals surface area contributed by atoms with E-state index in [4.69, 9.17) is 11.6 Å². The number of rotatable bonds is 4. The van der Waals surface area contributed by atoms with Crippen molar-refractivity contribution >= 4 is 50.3 Å². The molecule has 8 heteroatoms. The number of hydrogen-bond donors (Lipinski definition) is 2. The lowest BCUT2D eigenvalue weighted by Crippen LogP contribution is -1.98. The van der Waals surface area contributed by atoms with Gasteiger partial charge < -0.3 is 10.6 Å². The van der Waals surface area contributed by atoms with Crippen LogP contribution in [-0.2, 0) is 0 Å². The SMILES string of the molecule is CNc1cc(Nc2c(Cl)cc(F)cc2Br)cc([N+](=O)[O-])c1. The molecule has 110 valence electrons. The molecular formula is C13H10BrClFN3O2. The highest BCUT2D eigenvalue weighted by Crippen LogP contribution is 2.35. The van der Waals surface area contributed by atoms with E-state index < -0.39 is 10.7 Å². The van der Waals surface area contributed by atoms with Crippen molar-refractivity contribution in [3.63, 3.8) is 0 Å². The fraction of sp³-hybridized carbons (Fsp3) is 0.0769. The Hall–Kier alpha value is -1.86. The average molecular weight is 375 g/mol. The minimum Gasteiger partial charge on any atom is -0.388 e. The van der Waals surface area contributed by atoms with Crippen molar-refractivity contribution in [3.8, 4) is 0 Å². The van der Waals surface area contributed by atoms with Gasteiger partial charge in [-0.15, -0.1) is 0 Å². The zero-order chi connectivity index (χ0) is 15.6. The van der Waals surface area contributed by atoms with Crippen LogP contribution in [0.3, 0.4) is 0 Å². The maximum Gasteiger partial charge on any atom is 0.273 e. The smallest absolute Gasteiger partial charge is 0.273 e. The Balaban J connectivity index is 2.44. The van der Waals surface area contributed by atoms with E-state index in [9.17, 15) is 14.5 Å². The molecule has 0 saturated carbocycles. The van der Waals surface area contributed by atoms with Crippen LogP contribution in [0.4, 0.5) is 27.1 Å². The molecule has 0 spiro atoms. The van der Waals surface area contributed by atoms with Crippen LogP contribution in [0.2, 0.25) is 5.02 Å². The number of benzene rings is 2. The minimum absolute atomic E-state index is 0.0706. The van der Waals surface area contributed by atoms with Gasteiger partial charge in [-0.3, -0.25) is 10.1 Å². The largest absolute Gasteiger partial charge is 0.388 e. The van der Waals surface area contributed by atoms with E-state index in [0.717, 1.165) is 6.07 Å². The van der Waals surface area contributed by atoms with Gasteiger partial charge >= 0.3 is 0 Å². The van der Waals surface area contributed by atoms with E-state index in [1.165, 1.54) is 18.2 Å². The minimum atomic E-state index is -0.493. The zero-order valence-electron chi connectivity index (χ0n) is 10.8. The van der Waals surface area contributed by atoms with Crippen molar-refractivity contribution in [2.75, 3.05) is 17.7 Å². The molecule has 2 aromatic rings. The second-order valence-electron chi connectivity index (χ2n) is 4.15. The molecule has 0 saturated heterocycles. The van der Waals surface area contributed by atoms with Gasteiger partial charge in [0.1, 0.15) is 5.82 Å². The first-order valence-corrected chi connectivity index (χ1v) is 6.96. The Labute approximate surface area is 133 Å². The molecule has 5 nitrogen and oxygen atoms in total. The first-order valence-electron chi connectivity index (χ1n) is 5.79. The predicted octanol–water partition coefficient (Wildman–Crippen LogP) is 4.94. The van der Waals surface area contributed by atoms with Crippen LogP contribution in [0, 0.1) is 15.9 Å². The third-order valence-corrected chi connectivity index (χ3v) is 3.62. The number of non-ortho nitro benzene ring substituents is 1. The number of halogens is 3. The maximum atomic E-state index is 13.2. The number of nitro groups is 1. The summed E-state index contributed by atoms with van der Waals surface area (Å²) in [5, 5.41) is 16.9. The van der Waals surface area contributed by atoms with Crippen LogP contribution >= 0.6 is 27.5 Å². The number of anilines is 3. The van der Waals surface area contributed by atoms with Gasteiger partial charge in [0.2, 0.25) is 0 Å². The molecule has 0 bridgehead atoms. The van der Waals surface area contributed by atoms with Gasteiger partial charge in [-0.25, -0.2) is 4.39 Å². The van der Waals surface area contributed by atoms with Crippen molar-refractivity contribution in [2.24, 2.45) is 0 Å². The Morgan fingerprint density at radius 3 is 2.48 bits per heavy atom. The van der Waals surface area contributed by atoms with Gasteiger partial charge in [0.25, 0.3) is 5.69 Å². The molecule has 2 aromatic carbocycles. The van der Waals surface area contributed by atoms with E-state index in [1.807, 2.05) is 0 Å². The summed E-state index contributed by atoms with van der Waals surface area (Å²) in [6, 6.07) is 6.87. The van der Waals surface area contributed by atoms with E-state index in [2.05, 4.69) is 26.6 Å². The summed E-state index contributed by atoms with van der Waals surface area (Å²) >= 11 is 9.18. The topological polar surface area (TPSA) is 67.2 Å². The normalized spacial score (nSPS) is 10.3. The lowest BCUT2D eigenvalue weighted by molar-refractivity contribution is -0.384. The molecular weight excluding hydrogens is 365 g/mol. The molecule has 0 aliphatic carbocycles. The van der Waals surface area contributed by atoms with Crippen LogP contribution < -0.4 is 10.6 Å². The van der Waals surface area contributed by atoms with Crippen LogP contribution in [0.5, 0.6) is 0 Å². The van der Waals surface area contributed by atoms with Crippen LogP contribution in [0.25, 0.3) is 0 Å². The monoisotopic (exact) mass is 373 g/mol. The van der Waals surface area contributed by atoms with E-state index in [-0.39, 0.29) is 10.7 Å². The number of nitrogens with one attached hydrogen (secondary N) is 2. The van der Waals surface area contributed by atoms with Gasteiger partial charge in [-0.2, -0.15) is 0 Å². The van der Waals surface area contributed by atoms with Crippen LogP contribution in [0.1, 0.15) is 0 Å². The zero-order valence-corrected chi connectivity index (χ0v) is 13.1. The summed E-state index contributed by atoms with van der Waals surface area (Å²) < 4.78 is 13.6. The van der Waals surface area contributed by atoms with Gasteiger partial charge in [0, 0.05) is 35.0 Å².